The van der Waals surface area contributed by atoms with Crippen LogP contribution < -0.4 is 0 Å². The predicted molar refractivity (Wildman–Crippen MR) is 89.0 cm³/mol. The average molecular weight is 280 g/mol. The molecule has 0 N–H and O–H groups in total. The molecule has 118 valence electrons. The van der Waals surface area contributed by atoms with Gasteiger partial charge in [0.2, 0.25) is 0 Å². The maximum absolute atomic E-state index is 6.55. The normalized spacial score (nSPS) is 28.6. The molecule has 0 amide bonds. The van der Waals surface area contributed by atoms with E-state index in [1.807, 2.05) is 6.08 Å². The summed E-state index contributed by atoms with van der Waals surface area (Å²) in [5, 5.41) is 0. The van der Waals surface area contributed by atoms with Crippen LogP contribution in [0.3, 0.4) is 0 Å². The Morgan fingerprint density at radius 1 is 1.25 bits per heavy atom. The molecule has 1 aliphatic carbocycles. The molecule has 0 radical (unpaired) electrons. The van der Waals surface area contributed by atoms with Crippen molar-refractivity contribution in [3.05, 3.63) is 12.7 Å². The Kier molecular flexibility index (Phi) is 8.52. The smallest absolute Gasteiger partial charge is 0.0613 e. The molecule has 1 heteroatoms. The molecule has 0 spiro atoms. The lowest BCUT2D eigenvalue weighted by atomic mass is 9.75. The molecule has 1 unspecified atom stereocenters. The van der Waals surface area contributed by atoms with Crippen LogP contribution in [0.4, 0.5) is 0 Å². The number of hydrogen-bond donors (Lipinski definition) is 0. The third-order valence-electron chi connectivity index (χ3n) is 4.89. The highest BCUT2D eigenvalue weighted by Gasteiger charge is 2.32. The maximum Gasteiger partial charge on any atom is 0.0613 e. The van der Waals surface area contributed by atoms with E-state index in [1.54, 1.807) is 0 Å². The second-order valence-electron chi connectivity index (χ2n) is 7.14. The van der Waals surface area contributed by atoms with Crippen LogP contribution in [0.1, 0.15) is 79.1 Å². The van der Waals surface area contributed by atoms with Crippen molar-refractivity contribution in [3.8, 4) is 0 Å². The summed E-state index contributed by atoms with van der Waals surface area (Å²) in [6.45, 7) is 13.3. The summed E-state index contributed by atoms with van der Waals surface area (Å²) in [6, 6.07) is 0. The summed E-state index contributed by atoms with van der Waals surface area (Å²) in [5.74, 6) is 2.33. The van der Waals surface area contributed by atoms with Crippen molar-refractivity contribution in [1.82, 2.24) is 0 Å². The minimum atomic E-state index is 0.399. The Balaban J connectivity index is 2.55. The third-order valence-corrected chi connectivity index (χ3v) is 4.89. The van der Waals surface area contributed by atoms with Crippen LogP contribution in [-0.2, 0) is 4.74 Å². The zero-order chi connectivity index (χ0) is 15.0. The van der Waals surface area contributed by atoms with Crippen molar-refractivity contribution in [2.75, 3.05) is 0 Å². The summed E-state index contributed by atoms with van der Waals surface area (Å²) in [6.07, 6.45) is 13.0. The first-order valence-corrected chi connectivity index (χ1v) is 8.84. The van der Waals surface area contributed by atoms with E-state index >= 15 is 0 Å². The van der Waals surface area contributed by atoms with Crippen molar-refractivity contribution in [2.45, 2.75) is 91.3 Å². The van der Waals surface area contributed by atoms with Gasteiger partial charge in [-0.1, -0.05) is 59.5 Å². The Labute approximate surface area is 127 Å². The van der Waals surface area contributed by atoms with Gasteiger partial charge >= 0.3 is 0 Å². The second-order valence-corrected chi connectivity index (χ2v) is 7.14. The van der Waals surface area contributed by atoms with E-state index in [0.29, 0.717) is 12.2 Å². The van der Waals surface area contributed by atoms with Gasteiger partial charge in [0, 0.05) is 0 Å². The molecule has 0 aromatic carbocycles. The fraction of sp³-hybridized carbons (Fsp3) is 0.895. The van der Waals surface area contributed by atoms with Crippen molar-refractivity contribution < 1.29 is 4.74 Å². The van der Waals surface area contributed by atoms with Crippen LogP contribution in [0, 0.1) is 17.8 Å². The highest BCUT2D eigenvalue weighted by Crippen LogP contribution is 2.36. The Morgan fingerprint density at radius 2 is 2.00 bits per heavy atom. The first-order valence-electron chi connectivity index (χ1n) is 8.84. The van der Waals surface area contributed by atoms with Crippen molar-refractivity contribution in [3.63, 3.8) is 0 Å². The van der Waals surface area contributed by atoms with Crippen LogP contribution in [-0.4, -0.2) is 12.2 Å². The van der Waals surface area contributed by atoms with Gasteiger partial charge < -0.3 is 4.74 Å². The van der Waals surface area contributed by atoms with Crippen molar-refractivity contribution >= 4 is 0 Å². The van der Waals surface area contributed by atoms with Crippen LogP contribution >= 0.6 is 0 Å². The van der Waals surface area contributed by atoms with Gasteiger partial charge in [0.25, 0.3) is 0 Å². The summed E-state index contributed by atoms with van der Waals surface area (Å²) in [4.78, 5) is 0. The van der Waals surface area contributed by atoms with Gasteiger partial charge in [0.1, 0.15) is 0 Å². The van der Waals surface area contributed by atoms with E-state index in [0.717, 1.165) is 24.2 Å². The second kappa shape index (κ2) is 9.60. The topological polar surface area (TPSA) is 9.23 Å². The van der Waals surface area contributed by atoms with E-state index in [-0.39, 0.29) is 0 Å². The molecule has 0 aromatic rings. The molecule has 0 aliphatic heterocycles. The van der Waals surface area contributed by atoms with Gasteiger partial charge in [-0.2, -0.15) is 0 Å². The molecular formula is C19H36O. The lowest BCUT2D eigenvalue weighted by Crippen LogP contribution is -2.37. The lowest BCUT2D eigenvalue weighted by molar-refractivity contribution is -0.0819. The van der Waals surface area contributed by atoms with Crippen LogP contribution in [0.25, 0.3) is 0 Å². The molecule has 0 aromatic heterocycles. The third kappa shape index (κ3) is 5.99. The van der Waals surface area contributed by atoms with Gasteiger partial charge in [0.15, 0.2) is 0 Å². The summed E-state index contributed by atoms with van der Waals surface area (Å²) >= 11 is 0. The maximum atomic E-state index is 6.55. The number of ether oxygens (including phenoxy) is 1. The van der Waals surface area contributed by atoms with Gasteiger partial charge in [-0.3, -0.25) is 0 Å². The average Bonchev–Trinajstić information content (AvgIpc) is 2.39. The lowest BCUT2D eigenvalue weighted by Gasteiger charge is -2.39. The fourth-order valence-corrected chi connectivity index (χ4v) is 3.57. The molecule has 0 heterocycles. The minimum absolute atomic E-state index is 0.399. The Hall–Kier alpha value is -0.300. The van der Waals surface area contributed by atoms with Crippen LogP contribution in [0.2, 0.25) is 0 Å². The van der Waals surface area contributed by atoms with Gasteiger partial charge in [-0.05, 0) is 43.4 Å². The highest BCUT2D eigenvalue weighted by molar-refractivity contribution is 4.83. The number of hydrogen-bond acceptors (Lipinski definition) is 1. The largest absolute Gasteiger partial charge is 0.374 e. The number of rotatable bonds is 9. The van der Waals surface area contributed by atoms with Crippen LogP contribution in [0.5, 0.6) is 0 Å². The Morgan fingerprint density at radius 3 is 2.60 bits per heavy atom. The molecule has 4 atom stereocenters. The molecule has 20 heavy (non-hydrogen) atoms. The number of unbranched alkanes of at least 4 members (excludes halogenated alkanes) is 2. The monoisotopic (exact) mass is 280 g/mol. The van der Waals surface area contributed by atoms with E-state index in [2.05, 4.69) is 34.3 Å². The molecule has 1 aliphatic rings. The van der Waals surface area contributed by atoms with E-state index in [4.69, 9.17) is 4.74 Å². The van der Waals surface area contributed by atoms with Gasteiger partial charge in [-0.25, -0.2) is 0 Å². The molecule has 1 rings (SSSR count). The molecule has 0 bridgehead atoms. The Bertz CT molecular complexity index is 258. The minimum Gasteiger partial charge on any atom is -0.374 e. The van der Waals surface area contributed by atoms with E-state index < -0.39 is 0 Å². The standard InChI is InChI=1S/C19H36O/c1-6-8-9-11-17(10-7-2)20-19-14-16(5)12-13-18(19)15(3)4/h7,15-19H,2,6,8-14H2,1,3-5H3/t16-,17?,18+,19-/m1/s1. The molecule has 0 saturated heterocycles. The van der Waals surface area contributed by atoms with E-state index in [1.165, 1.54) is 44.9 Å². The molecule has 1 nitrogen and oxygen atoms in total. The summed E-state index contributed by atoms with van der Waals surface area (Å²) in [7, 11) is 0. The summed E-state index contributed by atoms with van der Waals surface area (Å²) in [5.41, 5.74) is 0. The van der Waals surface area contributed by atoms with Gasteiger partial charge in [0.05, 0.1) is 12.2 Å². The van der Waals surface area contributed by atoms with Gasteiger partial charge in [-0.15, -0.1) is 6.58 Å². The van der Waals surface area contributed by atoms with Crippen LogP contribution in [0.15, 0.2) is 12.7 Å². The van der Waals surface area contributed by atoms with E-state index in [9.17, 15) is 0 Å². The predicted octanol–water partition coefficient (Wildman–Crippen LogP) is 5.99. The molecule has 1 saturated carbocycles. The fourth-order valence-electron chi connectivity index (χ4n) is 3.57. The molecular weight excluding hydrogens is 244 g/mol. The highest BCUT2D eigenvalue weighted by atomic mass is 16.5. The quantitative estimate of drug-likeness (QED) is 0.372. The van der Waals surface area contributed by atoms with Crippen molar-refractivity contribution in [2.24, 2.45) is 17.8 Å². The zero-order valence-electron chi connectivity index (χ0n) is 14.2. The van der Waals surface area contributed by atoms with Crippen molar-refractivity contribution in [1.29, 1.82) is 0 Å². The first-order chi connectivity index (χ1) is 9.58. The first kappa shape index (κ1) is 17.8. The SMILES string of the molecule is C=CCC(CCCCC)O[C@@H]1C[C@H](C)CC[C@H]1C(C)C. The zero-order valence-corrected chi connectivity index (χ0v) is 14.2. The molecule has 1 fully saturated rings. The summed E-state index contributed by atoms with van der Waals surface area (Å²) < 4.78 is 6.55.